The molecule has 0 spiro atoms. The van der Waals surface area contributed by atoms with Crippen LogP contribution in [0.2, 0.25) is 0 Å². The van der Waals surface area contributed by atoms with Crippen LogP contribution in [-0.2, 0) is 4.84 Å². The van der Waals surface area contributed by atoms with Crippen molar-refractivity contribution in [3.8, 4) is 0 Å². The van der Waals surface area contributed by atoms with Crippen LogP contribution in [0, 0.1) is 0 Å². The van der Waals surface area contributed by atoms with Crippen LogP contribution in [0.1, 0.15) is 47.0 Å². The molecule has 1 fully saturated rings. The van der Waals surface area contributed by atoms with Gasteiger partial charge in [0.25, 0.3) is 0 Å². The number of piperidine rings is 1. The van der Waals surface area contributed by atoms with Crippen LogP contribution in [0.15, 0.2) is 18.6 Å². The molecule has 0 aromatic heterocycles. The molecule has 1 heterocycles. The fraction of sp³-hybridized carbons (Fsp3) is 0.750. The van der Waals surface area contributed by atoms with E-state index in [0.29, 0.717) is 0 Å². The summed E-state index contributed by atoms with van der Waals surface area (Å²) in [7, 11) is 0. The van der Waals surface area contributed by atoms with Gasteiger partial charge in [-0.25, -0.2) is 0 Å². The van der Waals surface area contributed by atoms with Crippen molar-refractivity contribution in [2.45, 2.75) is 58.0 Å². The predicted molar refractivity (Wildman–Crippen MR) is 58.6 cm³/mol. The Bertz CT molecular complexity index is 233. The second kappa shape index (κ2) is 3.80. The molecule has 0 aromatic rings. The van der Waals surface area contributed by atoms with E-state index < -0.39 is 0 Å². The highest BCUT2D eigenvalue weighted by molar-refractivity contribution is 4.93. The Labute approximate surface area is 87.2 Å². The number of hydrogen-bond acceptors (Lipinski definition) is 2. The van der Waals surface area contributed by atoms with Crippen LogP contribution >= 0.6 is 0 Å². The number of rotatable bonds is 2. The first kappa shape index (κ1) is 11.4. The Balaban J connectivity index is 2.85. The first-order chi connectivity index (χ1) is 6.40. The topological polar surface area (TPSA) is 12.5 Å². The van der Waals surface area contributed by atoms with E-state index in [2.05, 4.69) is 45.1 Å². The molecule has 1 aliphatic rings. The van der Waals surface area contributed by atoms with Crippen LogP contribution in [0.25, 0.3) is 0 Å². The summed E-state index contributed by atoms with van der Waals surface area (Å²) in [6, 6.07) is 0. The van der Waals surface area contributed by atoms with Gasteiger partial charge in [0.2, 0.25) is 0 Å². The molecule has 2 heteroatoms. The minimum Gasteiger partial charge on any atom is -0.404 e. The van der Waals surface area contributed by atoms with Gasteiger partial charge in [0.1, 0.15) is 0 Å². The van der Waals surface area contributed by atoms with Gasteiger partial charge in [-0.1, -0.05) is 12.3 Å². The molecule has 0 radical (unpaired) electrons. The minimum atomic E-state index is 0.0924. The second-order valence-electron chi connectivity index (χ2n) is 5.20. The highest BCUT2D eigenvalue weighted by atomic mass is 16.7. The van der Waals surface area contributed by atoms with Crippen molar-refractivity contribution >= 4 is 0 Å². The average molecular weight is 195 g/mol. The predicted octanol–water partition coefficient (Wildman–Crippen LogP) is 3.26. The van der Waals surface area contributed by atoms with E-state index in [1.54, 1.807) is 0 Å². The van der Waals surface area contributed by atoms with Crippen LogP contribution in [-0.4, -0.2) is 16.1 Å². The zero-order chi connectivity index (χ0) is 10.8. The van der Waals surface area contributed by atoms with E-state index in [0.717, 1.165) is 0 Å². The summed E-state index contributed by atoms with van der Waals surface area (Å²) >= 11 is 0. The van der Waals surface area contributed by atoms with Gasteiger partial charge in [-0.3, -0.25) is 0 Å². The standard InChI is InChI=1S/C12H21NO/c1-6-10-14-13-11(2,3)8-7-9-12(13,4)5/h10H,1,7-9H2,2-5H3. The smallest absolute Gasteiger partial charge is 0.153 e. The van der Waals surface area contributed by atoms with Gasteiger partial charge >= 0.3 is 0 Å². The Morgan fingerprint density at radius 3 is 2.14 bits per heavy atom. The molecule has 1 aliphatic heterocycles. The zero-order valence-corrected chi connectivity index (χ0v) is 9.76. The third-order valence-corrected chi connectivity index (χ3v) is 2.92. The molecule has 80 valence electrons. The number of nitrogens with zero attached hydrogens (tertiary/aromatic N) is 1. The van der Waals surface area contributed by atoms with E-state index in [9.17, 15) is 0 Å². The summed E-state index contributed by atoms with van der Waals surface area (Å²) in [6.07, 6.45) is 5.13. The monoisotopic (exact) mass is 195 g/mol. The molecule has 1 saturated heterocycles. The first-order valence-corrected chi connectivity index (χ1v) is 5.21. The fourth-order valence-corrected chi connectivity index (χ4v) is 2.35. The molecule has 14 heavy (non-hydrogen) atoms. The van der Waals surface area contributed by atoms with Crippen LogP contribution < -0.4 is 0 Å². The lowest BCUT2D eigenvalue weighted by molar-refractivity contribution is -0.246. The van der Waals surface area contributed by atoms with Gasteiger partial charge in [-0.15, -0.1) is 5.06 Å². The number of hydroxylamine groups is 2. The Kier molecular flexibility index (Phi) is 3.08. The molecule has 1 rings (SSSR count). The van der Waals surface area contributed by atoms with E-state index in [-0.39, 0.29) is 11.1 Å². The molecule has 0 aliphatic carbocycles. The molecule has 0 unspecified atom stereocenters. The van der Waals surface area contributed by atoms with Crippen molar-refractivity contribution in [1.29, 1.82) is 0 Å². The quantitative estimate of drug-likeness (QED) is 0.495. The summed E-state index contributed by atoms with van der Waals surface area (Å²) in [4.78, 5) is 5.60. The highest BCUT2D eigenvalue weighted by Crippen LogP contribution is 2.38. The maximum Gasteiger partial charge on any atom is 0.153 e. The Morgan fingerprint density at radius 2 is 1.71 bits per heavy atom. The van der Waals surface area contributed by atoms with Gasteiger partial charge in [0.05, 0.1) is 11.1 Å². The maximum absolute atomic E-state index is 5.60. The maximum atomic E-state index is 5.60. The summed E-state index contributed by atoms with van der Waals surface area (Å²) < 4.78 is 0. The second-order valence-corrected chi connectivity index (χ2v) is 5.20. The van der Waals surface area contributed by atoms with Crippen molar-refractivity contribution in [3.05, 3.63) is 18.6 Å². The van der Waals surface area contributed by atoms with E-state index in [4.69, 9.17) is 4.84 Å². The Morgan fingerprint density at radius 1 is 1.21 bits per heavy atom. The average Bonchev–Trinajstić information content (AvgIpc) is 2.01. The first-order valence-electron chi connectivity index (χ1n) is 5.21. The zero-order valence-electron chi connectivity index (χ0n) is 9.76. The summed E-state index contributed by atoms with van der Waals surface area (Å²) in [6.45, 7) is 12.4. The summed E-state index contributed by atoms with van der Waals surface area (Å²) in [5, 5.41) is 2.07. The molecule has 0 aromatic carbocycles. The van der Waals surface area contributed by atoms with Crippen molar-refractivity contribution in [1.82, 2.24) is 5.06 Å². The Hall–Kier alpha value is -0.720. The van der Waals surface area contributed by atoms with Crippen LogP contribution in [0.5, 0.6) is 0 Å². The SMILES string of the molecule is C=C=CON1C(C)(C)CCCC1(C)C. The van der Waals surface area contributed by atoms with Crippen molar-refractivity contribution in [2.24, 2.45) is 0 Å². The number of hydrogen-bond donors (Lipinski definition) is 0. The van der Waals surface area contributed by atoms with Gasteiger partial charge < -0.3 is 4.84 Å². The summed E-state index contributed by atoms with van der Waals surface area (Å²) in [5.74, 6) is 0. The fourth-order valence-electron chi connectivity index (χ4n) is 2.35. The lowest BCUT2D eigenvalue weighted by Gasteiger charge is -2.50. The third-order valence-electron chi connectivity index (χ3n) is 2.92. The van der Waals surface area contributed by atoms with Gasteiger partial charge in [-0.05, 0) is 47.0 Å². The molecule has 2 nitrogen and oxygen atoms in total. The largest absolute Gasteiger partial charge is 0.404 e. The molecular weight excluding hydrogens is 174 g/mol. The van der Waals surface area contributed by atoms with Crippen molar-refractivity contribution < 1.29 is 4.84 Å². The molecule has 0 amide bonds. The normalized spacial score (nSPS) is 25.1. The lowest BCUT2D eigenvalue weighted by atomic mass is 9.82. The van der Waals surface area contributed by atoms with Gasteiger partial charge in [-0.2, -0.15) is 0 Å². The van der Waals surface area contributed by atoms with Gasteiger partial charge in [0, 0.05) is 0 Å². The highest BCUT2D eigenvalue weighted by Gasteiger charge is 2.42. The van der Waals surface area contributed by atoms with Crippen molar-refractivity contribution in [2.75, 3.05) is 0 Å². The lowest BCUT2D eigenvalue weighted by Crippen LogP contribution is -2.57. The van der Waals surface area contributed by atoms with Gasteiger partial charge in [0.15, 0.2) is 6.26 Å². The molecule has 0 N–H and O–H groups in total. The van der Waals surface area contributed by atoms with Crippen LogP contribution in [0.3, 0.4) is 0 Å². The van der Waals surface area contributed by atoms with E-state index in [1.165, 1.54) is 25.5 Å². The molecular formula is C12H21NO. The third kappa shape index (κ3) is 2.20. The summed E-state index contributed by atoms with van der Waals surface area (Å²) in [5.41, 5.74) is 2.84. The molecule has 0 saturated carbocycles. The van der Waals surface area contributed by atoms with E-state index >= 15 is 0 Å². The molecule has 0 atom stereocenters. The van der Waals surface area contributed by atoms with E-state index in [1.807, 2.05) is 0 Å². The van der Waals surface area contributed by atoms with Crippen molar-refractivity contribution in [3.63, 3.8) is 0 Å². The minimum absolute atomic E-state index is 0.0924. The van der Waals surface area contributed by atoms with Crippen LogP contribution in [0.4, 0.5) is 0 Å². The molecule has 0 bridgehead atoms.